The summed E-state index contributed by atoms with van der Waals surface area (Å²) in [4.78, 5) is 14.2. The van der Waals surface area contributed by atoms with E-state index in [0.29, 0.717) is 25.2 Å². The summed E-state index contributed by atoms with van der Waals surface area (Å²) in [5, 5.41) is 0. The Morgan fingerprint density at radius 1 is 1.21 bits per heavy atom. The number of likely N-dealkylation sites (tertiary alicyclic amines) is 1. The van der Waals surface area contributed by atoms with E-state index in [1.807, 2.05) is 0 Å². The van der Waals surface area contributed by atoms with Gasteiger partial charge in [-0.3, -0.25) is 9.69 Å². The van der Waals surface area contributed by atoms with Crippen LogP contribution < -0.4 is 0 Å². The van der Waals surface area contributed by atoms with Gasteiger partial charge in [0.2, 0.25) is 0 Å². The molecule has 19 heavy (non-hydrogen) atoms. The quantitative estimate of drug-likeness (QED) is 0.829. The molecule has 3 rings (SSSR count). The third kappa shape index (κ3) is 3.19. The predicted octanol–water partition coefficient (Wildman–Crippen LogP) is 1.80. The van der Waals surface area contributed by atoms with Crippen molar-refractivity contribution in [2.24, 2.45) is 0 Å². The van der Waals surface area contributed by atoms with Crippen molar-refractivity contribution in [1.29, 1.82) is 0 Å². The molecule has 0 N–H and O–H groups in total. The number of benzene rings is 1. The van der Waals surface area contributed by atoms with Gasteiger partial charge in [0, 0.05) is 19.5 Å². The van der Waals surface area contributed by atoms with Crippen molar-refractivity contribution in [2.75, 3.05) is 19.6 Å². The molecule has 1 aromatic carbocycles. The van der Waals surface area contributed by atoms with Crippen molar-refractivity contribution in [1.82, 2.24) is 4.90 Å². The maximum Gasteiger partial charge on any atom is 0.151 e. The zero-order valence-electron chi connectivity index (χ0n) is 10.8. The zero-order chi connectivity index (χ0) is 13.2. The molecular weight excluding hydrogens is 245 g/mol. The first-order valence-corrected chi connectivity index (χ1v) is 6.83. The Hall–Kier alpha value is -1.26. The monoisotopic (exact) mass is 263 g/mol. The number of fused-ring (bicyclic) bond motifs is 2. The summed E-state index contributed by atoms with van der Waals surface area (Å²) in [6, 6.07) is 6.15. The van der Waals surface area contributed by atoms with Crippen LogP contribution in [0.5, 0.6) is 0 Å². The maximum absolute atomic E-state index is 12.8. The van der Waals surface area contributed by atoms with Gasteiger partial charge in [-0.05, 0) is 30.5 Å². The molecule has 2 aliphatic rings. The van der Waals surface area contributed by atoms with Crippen LogP contribution in [0, 0.1) is 5.82 Å². The van der Waals surface area contributed by atoms with Crippen LogP contribution in [-0.4, -0.2) is 42.5 Å². The SMILES string of the molecule is O=C(Cc1ccc(F)cc1)CN1CC2CCC(C1)O2. The molecule has 0 amide bonds. The van der Waals surface area contributed by atoms with Crippen LogP contribution in [0.4, 0.5) is 4.39 Å². The average Bonchev–Trinajstić information content (AvgIpc) is 2.72. The van der Waals surface area contributed by atoms with Crippen molar-refractivity contribution >= 4 is 5.78 Å². The van der Waals surface area contributed by atoms with Crippen molar-refractivity contribution in [3.8, 4) is 0 Å². The van der Waals surface area contributed by atoms with Crippen LogP contribution in [0.3, 0.4) is 0 Å². The minimum Gasteiger partial charge on any atom is -0.372 e. The van der Waals surface area contributed by atoms with Crippen molar-refractivity contribution < 1.29 is 13.9 Å². The van der Waals surface area contributed by atoms with Gasteiger partial charge in [0.15, 0.2) is 5.78 Å². The number of halogens is 1. The van der Waals surface area contributed by atoms with Crippen LogP contribution in [-0.2, 0) is 16.0 Å². The number of rotatable bonds is 4. The highest BCUT2D eigenvalue weighted by molar-refractivity contribution is 5.82. The van der Waals surface area contributed by atoms with Crippen molar-refractivity contribution in [3.05, 3.63) is 35.6 Å². The fourth-order valence-corrected chi connectivity index (χ4v) is 2.96. The molecule has 2 saturated heterocycles. The van der Waals surface area contributed by atoms with Gasteiger partial charge in [-0.25, -0.2) is 4.39 Å². The van der Waals surface area contributed by atoms with E-state index in [1.54, 1.807) is 12.1 Å². The van der Waals surface area contributed by atoms with Gasteiger partial charge in [0.25, 0.3) is 0 Å². The van der Waals surface area contributed by atoms with E-state index in [9.17, 15) is 9.18 Å². The van der Waals surface area contributed by atoms with Crippen LogP contribution in [0.1, 0.15) is 18.4 Å². The summed E-state index contributed by atoms with van der Waals surface area (Å²) in [6.07, 6.45) is 3.25. The second-order valence-corrected chi connectivity index (χ2v) is 5.49. The molecule has 0 radical (unpaired) electrons. The Bertz CT molecular complexity index is 448. The Labute approximate surface area is 112 Å². The molecule has 2 unspecified atom stereocenters. The molecule has 2 atom stereocenters. The molecular formula is C15H18FNO2. The Morgan fingerprint density at radius 3 is 2.47 bits per heavy atom. The number of carbonyl (C=O) groups excluding carboxylic acids is 1. The van der Waals surface area contributed by atoms with E-state index in [0.717, 1.165) is 31.5 Å². The lowest BCUT2D eigenvalue weighted by molar-refractivity contribution is -0.121. The number of hydrogen-bond acceptors (Lipinski definition) is 3. The number of morpholine rings is 1. The molecule has 1 aromatic rings. The largest absolute Gasteiger partial charge is 0.372 e. The Balaban J connectivity index is 1.52. The number of ether oxygens (including phenoxy) is 1. The normalized spacial score (nSPS) is 26.6. The molecule has 0 aliphatic carbocycles. The standard InChI is InChI=1S/C15H18FNO2/c16-12-3-1-11(2-4-12)7-13(18)8-17-9-14-5-6-15(10-17)19-14/h1-4,14-15H,5-10H2. The van der Waals surface area contributed by atoms with Crippen molar-refractivity contribution in [2.45, 2.75) is 31.5 Å². The lowest BCUT2D eigenvalue weighted by atomic mass is 10.1. The Morgan fingerprint density at radius 2 is 1.84 bits per heavy atom. The van der Waals surface area contributed by atoms with Gasteiger partial charge in [-0.15, -0.1) is 0 Å². The number of ketones is 1. The van der Waals surface area contributed by atoms with E-state index in [4.69, 9.17) is 4.74 Å². The number of carbonyl (C=O) groups is 1. The minimum absolute atomic E-state index is 0.188. The lowest BCUT2D eigenvalue weighted by Crippen LogP contribution is -2.45. The molecule has 102 valence electrons. The van der Waals surface area contributed by atoms with Crippen LogP contribution in [0.15, 0.2) is 24.3 Å². The summed E-state index contributed by atoms with van der Waals surface area (Å²) in [5.74, 6) is -0.0751. The first kappa shape index (κ1) is 12.8. The third-order valence-corrected chi connectivity index (χ3v) is 3.83. The number of nitrogens with zero attached hydrogens (tertiary/aromatic N) is 1. The van der Waals surface area contributed by atoms with Gasteiger partial charge in [-0.1, -0.05) is 12.1 Å². The second kappa shape index (κ2) is 5.39. The molecule has 2 heterocycles. The second-order valence-electron chi connectivity index (χ2n) is 5.49. The Kier molecular flexibility index (Phi) is 3.62. The zero-order valence-corrected chi connectivity index (χ0v) is 10.8. The molecule has 2 fully saturated rings. The predicted molar refractivity (Wildman–Crippen MR) is 69.4 cm³/mol. The van der Waals surface area contributed by atoms with Gasteiger partial charge in [-0.2, -0.15) is 0 Å². The van der Waals surface area contributed by atoms with Crippen LogP contribution in [0.2, 0.25) is 0 Å². The van der Waals surface area contributed by atoms with Gasteiger partial charge in [0.05, 0.1) is 18.8 Å². The van der Waals surface area contributed by atoms with Crippen molar-refractivity contribution in [3.63, 3.8) is 0 Å². The molecule has 0 saturated carbocycles. The van der Waals surface area contributed by atoms with E-state index >= 15 is 0 Å². The highest BCUT2D eigenvalue weighted by atomic mass is 19.1. The van der Waals surface area contributed by atoms with E-state index in [-0.39, 0.29) is 11.6 Å². The van der Waals surface area contributed by atoms with E-state index < -0.39 is 0 Å². The van der Waals surface area contributed by atoms with E-state index in [2.05, 4.69) is 4.90 Å². The lowest BCUT2D eigenvalue weighted by Gasteiger charge is -2.31. The van der Waals surface area contributed by atoms with Gasteiger partial charge in [0.1, 0.15) is 5.82 Å². The molecule has 2 aliphatic heterocycles. The average molecular weight is 263 g/mol. The van der Waals surface area contributed by atoms with Gasteiger partial charge >= 0.3 is 0 Å². The fourth-order valence-electron chi connectivity index (χ4n) is 2.96. The smallest absolute Gasteiger partial charge is 0.151 e. The fraction of sp³-hybridized carbons (Fsp3) is 0.533. The van der Waals surface area contributed by atoms with Crippen LogP contribution >= 0.6 is 0 Å². The third-order valence-electron chi connectivity index (χ3n) is 3.83. The summed E-state index contributed by atoms with van der Waals surface area (Å²) >= 11 is 0. The summed E-state index contributed by atoms with van der Waals surface area (Å²) < 4.78 is 18.5. The topological polar surface area (TPSA) is 29.5 Å². The minimum atomic E-state index is -0.263. The van der Waals surface area contributed by atoms with Crippen LogP contribution in [0.25, 0.3) is 0 Å². The molecule has 0 spiro atoms. The highest BCUT2D eigenvalue weighted by Crippen LogP contribution is 2.26. The molecule has 4 heteroatoms. The number of hydrogen-bond donors (Lipinski definition) is 0. The highest BCUT2D eigenvalue weighted by Gasteiger charge is 2.34. The number of Topliss-reactive ketones (excluding diaryl/α,β-unsaturated/α-hetero) is 1. The first-order valence-electron chi connectivity index (χ1n) is 6.83. The summed E-state index contributed by atoms with van der Waals surface area (Å²) in [7, 11) is 0. The van der Waals surface area contributed by atoms with E-state index in [1.165, 1.54) is 12.1 Å². The van der Waals surface area contributed by atoms with Gasteiger partial charge < -0.3 is 4.74 Å². The summed E-state index contributed by atoms with van der Waals surface area (Å²) in [6.45, 7) is 2.21. The molecule has 3 nitrogen and oxygen atoms in total. The first-order chi connectivity index (χ1) is 9.19. The molecule has 2 bridgehead atoms. The summed E-state index contributed by atoms with van der Waals surface area (Å²) in [5.41, 5.74) is 0.877. The maximum atomic E-state index is 12.8. The molecule has 0 aromatic heterocycles.